The van der Waals surface area contributed by atoms with Crippen molar-refractivity contribution in [3.8, 4) is 0 Å². The molecule has 0 radical (unpaired) electrons. The molecule has 1 aromatic carbocycles. The van der Waals surface area contributed by atoms with Crippen molar-refractivity contribution in [1.82, 2.24) is 9.80 Å². The normalized spacial score (nSPS) is 20.0. The number of aliphatic hydroxyl groups is 1. The number of likely N-dealkylation sites (tertiary alicyclic amines) is 1. The van der Waals surface area contributed by atoms with Gasteiger partial charge in [0.1, 0.15) is 0 Å². The van der Waals surface area contributed by atoms with E-state index in [1.807, 2.05) is 24.1 Å². The Morgan fingerprint density at radius 2 is 2.33 bits per heavy atom. The summed E-state index contributed by atoms with van der Waals surface area (Å²) in [4.78, 5) is 15.4. The summed E-state index contributed by atoms with van der Waals surface area (Å²) in [6.45, 7) is 4.75. The third-order valence-electron chi connectivity index (χ3n) is 4.02. The van der Waals surface area contributed by atoms with Crippen LogP contribution in [0.5, 0.6) is 0 Å². The monoisotopic (exact) mass is 310 g/mol. The van der Waals surface area contributed by atoms with Crippen LogP contribution in [-0.2, 0) is 4.79 Å². The third-order valence-corrected chi connectivity index (χ3v) is 4.25. The van der Waals surface area contributed by atoms with Crippen molar-refractivity contribution in [3.63, 3.8) is 0 Å². The Morgan fingerprint density at radius 1 is 1.57 bits per heavy atom. The first-order valence-electron chi connectivity index (χ1n) is 7.33. The second-order valence-corrected chi connectivity index (χ2v) is 6.35. The number of nitrogens with zero attached hydrogens (tertiary/aromatic N) is 2. The molecule has 1 aliphatic rings. The Bertz CT molecular complexity index is 495. The van der Waals surface area contributed by atoms with Crippen LogP contribution >= 0.6 is 11.6 Å². The van der Waals surface area contributed by atoms with Gasteiger partial charge in [0.2, 0.25) is 5.91 Å². The van der Waals surface area contributed by atoms with E-state index >= 15 is 0 Å². The second kappa shape index (κ2) is 7.25. The molecule has 5 heteroatoms. The molecule has 1 N–H and O–H groups in total. The number of halogens is 1. The molecule has 1 heterocycles. The molecule has 1 fully saturated rings. The zero-order valence-corrected chi connectivity index (χ0v) is 13.4. The molecular weight excluding hydrogens is 288 g/mol. The third kappa shape index (κ3) is 4.70. The van der Waals surface area contributed by atoms with Crippen molar-refractivity contribution >= 4 is 17.5 Å². The van der Waals surface area contributed by atoms with Crippen molar-refractivity contribution in [2.45, 2.75) is 19.4 Å². The van der Waals surface area contributed by atoms with E-state index in [1.165, 1.54) is 0 Å². The van der Waals surface area contributed by atoms with E-state index in [-0.39, 0.29) is 5.91 Å². The van der Waals surface area contributed by atoms with Gasteiger partial charge in [-0.3, -0.25) is 4.79 Å². The van der Waals surface area contributed by atoms with Crippen molar-refractivity contribution in [1.29, 1.82) is 0 Å². The number of hydrogen-bond acceptors (Lipinski definition) is 3. The quantitative estimate of drug-likeness (QED) is 0.906. The number of likely N-dealkylation sites (N-methyl/N-ethyl adjacent to an activating group) is 1. The summed E-state index contributed by atoms with van der Waals surface area (Å²) in [5, 5.41) is 10.9. The zero-order valence-electron chi connectivity index (χ0n) is 12.6. The summed E-state index contributed by atoms with van der Waals surface area (Å²) in [6.07, 6.45) is 0.496. The molecule has 0 aliphatic carbocycles. The Morgan fingerprint density at radius 3 is 2.95 bits per heavy atom. The Balaban J connectivity index is 1.82. The Labute approximate surface area is 131 Å². The average Bonchev–Trinajstić information content (AvgIpc) is 2.87. The summed E-state index contributed by atoms with van der Waals surface area (Å²) in [5.41, 5.74) is 0.839. The molecule has 1 saturated heterocycles. The molecular formula is C16H23ClN2O2. The van der Waals surface area contributed by atoms with Crippen LogP contribution in [0.1, 0.15) is 25.0 Å². The highest BCUT2D eigenvalue weighted by atomic mass is 35.5. The lowest BCUT2D eigenvalue weighted by molar-refractivity contribution is -0.127. The van der Waals surface area contributed by atoms with Gasteiger partial charge in [-0.2, -0.15) is 0 Å². The molecule has 0 aromatic heterocycles. The summed E-state index contributed by atoms with van der Waals surface area (Å²) in [6, 6.07) is 7.34. The second-order valence-electron chi connectivity index (χ2n) is 5.91. The molecule has 2 rings (SSSR count). The number of carbonyl (C=O) groups excluding carboxylic acids is 1. The molecule has 4 nitrogen and oxygen atoms in total. The van der Waals surface area contributed by atoms with E-state index in [0.717, 1.165) is 31.6 Å². The topological polar surface area (TPSA) is 43.8 Å². The fraction of sp³-hybridized carbons (Fsp3) is 0.562. The fourth-order valence-electron chi connectivity index (χ4n) is 2.90. The first kappa shape index (κ1) is 16.3. The highest BCUT2D eigenvalue weighted by Crippen LogP contribution is 2.21. The SMILES string of the molecule is CC(=O)N1CCC(CN(C)CC(O)c2cccc(Cl)c2)C1. The first-order chi connectivity index (χ1) is 9.95. The fourth-order valence-corrected chi connectivity index (χ4v) is 3.10. The van der Waals surface area contributed by atoms with Gasteiger partial charge < -0.3 is 14.9 Å². The van der Waals surface area contributed by atoms with E-state index in [0.29, 0.717) is 17.5 Å². The minimum absolute atomic E-state index is 0.152. The number of hydrogen-bond donors (Lipinski definition) is 1. The lowest BCUT2D eigenvalue weighted by atomic mass is 10.1. The minimum Gasteiger partial charge on any atom is -0.387 e. The smallest absolute Gasteiger partial charge is 0.219 e. The first-order valence-corrected chi connectivity index (χ1v) is 7.71. The molecule has 116 valence electrons. The van der Waals surface area contributed by atoms with Crippen LogP contribution in [0.3, 0.4) is 0 Å². The molecule has 2 atom stereocenters. The summed E-state index contributed by atoms with van der Waals surface area (Å²) in [7, 11) is 2.00. The van der Waals surface area contributed by atoms with E-state index in [2.05, 4.69) is 4.90 Å². The van der Waals surface area contributed by atoms with Crippen molar-refractivity contribution in [2.75, 3.05) is 33.2 Å². The van der Waals surface area contributed by atoms with Crippen LogP contribution in [-0.4, -0.2) is 54.0 Å². The largest absolute Gasteiger partial charge is 0.387 e. The van der Waals surface area contributed by atoms with Gasteiger partial charge in [0.25, 0.3) is 0 Å². The van der Waals surface area contributed by atoms with E-state index < -0.39 is 6.10 Å². The predicted molar refractivity (Wildman–Crippen MR) is 84.3 cm³/mol. The van der Waals surface area contributed by atoms with Crippen LogP contribution < -0.4 is 0 Å². The number of aliphatic hydroxyl groups excluding tert-OH is 1. The molecule has 1 aliphatic heterocycles. The van der Waals surface area contributed by atoms with Gasteiger partial charge in [0.15, 0.2) is 0 Å². The molecule has 21 heavy (non-hydrogen) atoms. The maximum Gasteiger partial charge on any atom is 0.219 e. The Hall–Kier alpha value is -1.10. The maximum absolute atomic E-state index is 11.3. The van der Waals surface area contributed by atoms with Crippen molar-refractivity contribution < 1.29 is 9.90 Å². The van der Waals surface area contributed by atoms with E-state index in [1.54, 1.807) is 19.1 Å². The van der Waals surface area contributed by atoms with Crippen LogP contribution in [0.25, 0.3) is 0 Å². The molecule has 1 amide bonds. The molecule has 0 saturated carbocycles. The predicted octanol–water partition coefficient (Wildman–Crippen LogP) is 2.17. The number of rotatable bonds is 5. The van der Waals surface area contributed by atoms with Gasteiger partial charge in [-0.15, -0.1) is 0 Å². The van der Waals surface area contributed by atoms with Crippen LogP contribution in [0.15, 0.2) is 24.3 Å². The zero-order chi connectivity index (χ0) is 15.4. The minimum atomic E-state index is -0.543. The summed E-state index contributed by atoms with van der Waals surface area (Å²) < 4.78 is 0. The lowest BCUT2D eigenvalue weighted by Gasteiger charge is -2.24. The van der Waals surface area contributed by atoms with Gasteiger partial charge >= 0.3 is 0 Å². The van der Waals surface area contributed by atoms with Crippen LogP contribution in [0.2, 0.25) is 5.02 Å². The molecule has 2 unspecified atom stereocenters. The maximum atomic E-state index is 11.3. The van der Waals surface area contributed by atoms with E-state index in [9.17, 15) is 9.90 Å². The standard InChI is InChI=1S/C16H23ClN2O2/c1-12(20)19-7-6-13(10-19)9-18(2)11-16(21)14-4-3-5-15(17)8-14/h3-5,8,13,16,21H,6-7,9-11H2,1-2H3. The Kier molecular flexibility index (Phi) is 5.62. The number of benzene rings is 1. The number of carbonyl (C=O) groups is 1. The van der Waals surface area contributed by atoms with Gasteiger partial charge in [-0.1, -0.05) is 23.7 Å². The number of amides is 1. The highest BCUT2D eigenvalue weighted by molar-refractivity contribution is 6.30. The average molecular weight is 311 g/mol. The van der Waals surface area contributed by atoms with Crippen LogP contribution in [0.4, 0.5) is 0 Å². The van der Waals surface area contributed by atoms with Crippen LogP contribution in [0, 0.1) is 5.92 Å². The molecule has 0 spiro atoms. The van der Waals surface area contributed by atoms with E-state index in [4.69, 9.17) is 11.6 Å². The van der Waals surface area contributed by atoms with Gasteiger partial charge in [0.05, 0.1) is 6.10 Å². The summed E-state index contributed by atoms with van der Waals surface area (Å²) in [5.74, 6) is 0.643. The lowest BCUT2D eigenvalue weighted by Crippen LogP contribution is -2.32. The van der Waals surface area contributed by atoms with Gasteiger partial charge in [-0.25, -0.2) is 0 Å². The van der Waals surface area contributed by atoms with Crippen molar-refractivity contribution in [2.24, 2.45) is 5.92 Å². The molecule has 1 aromatic rings. The van der Waals surface area contributed by atoms with Gasteiger partial charge in [0, 0.05) is 38.1 Å². The highest BCUT2D eigenvalue weighted by Gasteiger charge is 2.25. The van der Waals surface area contributed by atoms with Crippen molar-refractivity contribution in [3.05, 3.63) is 34.9 Å². The summed E-state index contributed by atoms with van der Waals surface area (Å²) >= 11 is 5.95. The molecule has 0 bridgehead atoms. The van der Waals surface area contributed by atoms with Gasteiger partial charge in [-0.05, 0) is 37.1 Å².